The standard InChI is InChI=1S/C17H33NO/c1-3-4-5-6-7-9-16-14(2)12-15(13-19)17-10-8-11-18(16)17/h14-17,19H,3-13H2,1-2H3. The summed E-state index contributed by atoms with van der Waals surface area (Å²) in [5, 5.41) is 9.59. The summed E-state index contributed by atoms with van der Waals surface area (Å²) in [5.41, 5.74) is 0. The molecule has 4 atom stereocenters. The molecule has 19 heavy (non-hydrogen) atoms. The Hall–Kier alpha value is -0.0800. The Morgan fingerprint density at radius 2 is 1.95 bits per heavy atom. The maximum Gasteiger partial charge on any atom is 0.0474 e. The van der Waals surface area contributed by atoms with E-state index in [2.05, 4.69) is 18.7 Å². The first-order valence-corrected chi connectivity index (χ1v) is 8.64. The Bertz CT molecular complexity index is 256. The van der Waals surface area contributed by atoms with Crippen molar-refractivity contribution < 1.29 is 5.11 Å². The van der Waals surface area contributed by atoms with Crippen molar-refractivity contribution in [3.63, 3.8) is 0 Å². The van der Waals surface area contributed by atoms with Gasteiger partial charge in [-0.05, 0) is 44.1 Å². The van der Waals surface area contributed by atoms with Crippen LogP contribution in [0.5, 0.6) is 0 Å². The van der Waals surface area contributed by atoms with Crippen LogP contribution in [0, 0.1) is 11.8 Å². The van der Waals surface area contributed by atoms with Crippen molar-refractivity contribution in [1.82, 2.24) is 4.90 Å². The lowest BCUT2D eigenvalue weighted by atomic mass is 9.78. The van der Waals surface area contributed by atoms with Crippen LogP contribution in [0.3, 0.4) is 0 Å². The summed E-state index contributed by atoms with van der Waals surface area (Å²) in [5.74, 6) is 1.33. The highest BCUT2D eigenvalue weighted by atomic mass is 16.3. The molecule has 2 aliphatic rings. The zero-order valence-corrected chi connectivity index (χ0v) is 13.0. The molecule has 0 spiro atoms. The Morgan fingerprint density at radius 3 is 2.68 bits per heavy atom. The van der Waals surface area contributed by atoms with Crippen LogP contribution in [0.4, 0.5) is 0 Å². The number of unbranched alkanes of at least 4 members (excludes halogenated alkanes) is 4. The lowest BCUT2D eigenvalue weighted by Crippen LogP contribution is -2.52. The second kappa shape index (κ2) is 7.64. The number of fused-ring (bicyclic) bond motifs is 1. The minimum Gasteiger partial charge on any atom is -0.396 e. The molecule has 0 bridgehead atoms. The van der Waals surface area contributed by atoms with Gasteiger partial charge in [-0.2, -0.15) is 0 Å². The van der Waals surface area contributed by atoms with Gasteiger partial charge in [0.2, 0.25) is 0 Å². The molecule has 0 amide bonds. The lowest BCUT2D eigenvalue weighted by molar-refractivity contribution is 0.00528. The average Bonchev–Trinajstić information content (AvgIpc) is 2.89. The highest BCUT2D eigenvalue weighted by Gasteiger charge is 2.42. The SMILES string of the molecule is CCCCCCCC1C(C)CC(CO)C2CCCN12. The van der Waals surface area contributed by atoms with Gasteiger partial charge in [0.25, 0.3) is 0 Å². The van der Waals surface area contributed by atoms with E-state index in [9.17, 15) is 5.11 Å². The zero-order chi connectivity index (χ0) is 13.7. The van der Waals surface area contributed by atoms with Gasteiger partial charge in [0.15, 0.2) is 0 Å². The first kappa shape index (κ1) is 15.3. The summed E-state index contributed by atoms with van der Waals surface area (Å²) in [6.07, 6.45) is 12.3. The van der Waals surface area contributed by atoms with Gasteiger partial charge in [-0.3, -0.25) is 4.90 Å². The highest BCUT2D eigenvalue weighted by molar-refractivity contribution is 4.96. The highest BCUT2D eigenvalue weighted by Crippen LogP contribution is 2.39. The van der Waals surface area contributed by atoms with E-state index in [-0.39, 0.29) is 0 Å². The van der Waals surface area contributed by atoms with Crippen LogP contribution < -0.4 is 0 Å². The fourth-order valence-corrected chi connectivity index (χ4v) is 4.46. The number of hydrogen-bond donors (Lipinski definition) is 1. The first-order chi connectivity index (χ1) is 9.27. The van der Waals surface area contributed by atoms with Crippen molar-refractivity contribution >= 4 is 0 Å². The Balaban J connectivity index is 1.82. The lowest BCUT2D eigenvalue weighted by Gasteiger charge is -2.46. The van der Waals surface area contributed by atoms with E-state index in [4.69, 9.17) is 0 Å². The molecule has 0 aromatic rings. The number of hydrogen-bond acceptors (Lipinski definition) is 2. The summed E-state index contributed by atoms with van der Waals surface area (Å²) < 4.78 is 0. The van der Waals surface area contributed by atoms with Crippen molar-refractivity contribution in [2.75, 3.05) is 13.2 Å². The predicted octanol–water partition coefficient (Wildman–Crippen LogP) is 3.83. The molecule has 0 aliphatic carbocycles. The molecule has 4 unspecified atom stereocenters. The third-order valence-corrected chi connectivity index (χ3v) is 5.48. The molecular weight excluding hydrogens is 234 g/mol. The number of aliphatic hydroxyl groups is 1. The molecule has 0 aromatic heterocycles. The summed E-state index contributed by atoms with van der Waals surface area (Å²) in [4.78, 5) is 2.76. The van der Waals surface area contributed by atoms with E-state index in [1.54, 1.807) is 0 Å². The van der Waals surface area contributed by atoms with E-state index in [1.807, 2.05) is 0 Å². The van der Waals surface area contributed by atoms with E-state index in [0.29, 0.717) is 18.6 Å². The van der Waals surface area contributed by atoms with Crippen LogP contribution >= 0.6 is 0 Å². The van der Waals surface area contributed by atoms with Crippen molar-refractivity contribution in [3.8, 4) is 0 Å². The van der Waals surface area contributed by atoms with Gasteiger partial charge in [-0.1, -0.05) is 46.0 Å². The van der Waals surface area contributed by atoms with Crippen LogP contribution in [-0.4, -0.2) is 35.2 Å². The maximum atomic E-state index is 9.59. The Morgan fingerprint density at radius 1 is 1.16 bits per heavy atom. The number of piperidine rings is 1. The van der Waals surface area contributed by atoms with Crippen molar-refractivity contribution in [2.24, 2.45) is 11.8 Å². The van der Waals surface area contributed by atoms with E-state index >= 15 is 0 Å². The largest absolute Gasteiger partial charge is 0.396 e. The van der Waals surface area contributed by atoms with Gasteiger partial charge >= 0.3 is 0 Å². The fraction of sp³-hybridized carbons (Fsp3) is 1.00. The van der Waals surface area contributed by atoms with Crippen LogP contribution in [0.1, 0.15) is 71.6 Å². The van der Waals surface area contributed by atoms with Gasteiger partial charge in [0.05, 0.1) is 0 Å². The van der Waals surface area contributed by atoms with Gasteiger partial charge in [-0.25, -0.2) is 0 Å². The second-order valence-corrected chi connectivity index (χ2v) is 6.87. The maximum absolute atomic E-state index is 9.59. The van der Waals surface area contributed by atoms with Crippen LogP contribution in [0.25, 0.3) is 0 Å². The number of nitrogens with zero attached hydrogens (tertiary/aromatic N) is 1. The number of aliphatic hydroxyl groups excluding tert-OH is 1. The summed E-state index contributed by atoms with van der Waals surface area (Å²) in [7, 11) is 0. The predicted molar refractivity (Wildman–Crippen MR) is 81.2 cm³/mol. The third-order valence-electron chi connectivity index (χ3n) is 5.48. The molecule has 112 valence electrons. The van der Waals surface area contributed by atoms with E-state index in [1.165, 1.54) is 64.3 Å². The van der Waals surface area contributed by atoms with Crippen molar-refractivity contribution in [1.29, 1.82) is 0 Å². The molecular formula is C17H33NO. The molecule has 1 N–H and O–H groups in total. The molecule has 0 saturated carbocycles. The zero-order valence-electron chi connectivity index (χ0n) is 13.0. The van der Waals surface area contributed by atoms with Crippen LogP contribution in [0.2, 0.25) is 0 Å². The molecule has 2 aliphatic heterocycles. The van der Waals surface area contributed by atoms with Gasteiger partial charge < -0.3 is 5.11 Å². The van der Waals surface area contributed by atoms with Gasteiger partial charge in [0, 0.05) is 18.7 Å². The minimum atomic E-state index is 0.398. The van der Waals surface area contributed by atoms with Crippen LogP contribution in [0.15, 0.2) is 0 Å². The second-order valence-electron chi connectivity index (χ2n) is 6.87. The molecule has 2 saturated heterocycles. The van der Waals surface area contributed by atoms with Gasteiger partial charge in [-0.15, -0.1) is 0 Å². The molecule has 0 radical (unpaired) electrons. The number of rotatable bonds is 7. The smallest absolute Gasteiger partial charge is 0.0474 e. The summed E-state index contributed by atoms with van der Waals surface area (Å²) in [6.45, 7) is 6.38. The van der Waals surface area contributed by atoms with E-state index in [0.717, 1.165) is 12.0 Å². The minimum absolute atomic E-state index is 0.398. The summed E-state index contributed by atoms with van der Waals surface area (Å²) in [6, 6.07) is 1.50. The monoisotopic (exact) mass is 267 g/mol. The van der Waals surface area contributed by atoms with Gasteiger partial charge in [0.1, 0.15) is 0 Å². The Kier molecular flexibility index (Phi) is 6.15. The molecule has 2 nitrogen and oxygen atoms in total. The summed E-state index contributed by atoms with van der Waals surface area (Å²) >= 11 is 0. The third kappa shape index (κ3) is 3.72. The molecule has 2 heteroatoms. The first-order valence-electron chi connectivity index (χ1n) is 8.64. The molecule has 0 aromatic carbocycles. The van der Waals surface area contributed by atoms with Crippen LogP contribution in [-0.2, 0) is 0 Å². The fourth-order valence-electron chi connectivity index (χ4n) is 4.46. The van der Waals surface area contributed by atoms with Crippen molar-refractivity contribution in [2.45, 2.75) is 83.7 Å². The Labute approximate surface area is 119 Å². The topological polar surface area (TPSA) is 23.5 Å². The van der Waals surface area contributed by atoms with Crippen molar-refractivity contribution in [3.05, 3.63) is 0 Å². The molecule has 2 rings (SSSR count). The quantitative estimate of drug-likeness (QED) is 0.709. The molecule has 2 heterocycles. The average molecular weight is 267 g/mol. The molecule has 2 fully saturated rings. The van der Waals surface area contributed by atoms with E-state index < -0.39 is 0 Å². The normalized spacial score (nSPS) is 35.5.